The van der Waals surface area contributed by atoms with Crippen LogP contribution in [0.15, 0.2) is 89.5 Å². The van der Waals surface area contributed by atoms with Gasteiger partial charge in [-0.3, -0.25) is 9.10 Å². The molecule has 0 aliphatic heterocycles. The average molecular weight is 514 g/mol. The van der Waals surface area contributed by atoms with Crippen LogP contribution in [0.25, 0.3) is 4.48 Å². The molecule has 0 aromatic heterocycles. The van der Waals surface area contributed by atoms with Gasteiger partial charge in [-0.2, -0.15) is 0 Å². The lowest BCUT2D eigenvalue weighted by Crippen LogP contribution is -2.34. The molecule has 0 aliphatic rings. The summed E-state index contributed by atoms with van der Waals surface area (Å²) >= 11 is 3.53. The molecule has 7 heteroatoms. The summed E-state index contributed by atoms with van der Waals surface area (Å²) in [6, 6.07) is 22.3. The quantitative estimate of drug-likeness (QED) is 0.288. The van der Waals surface area contributed by atoms with Gasteiger partial charge in [0.05, 0.1) is 16.5 Å². The summed E-state index contributed by atoms with van der Waals surface area (Å²) < 4.78 is 33.9. The molecule has 0 saturated carbocycles. The first-order valence-corrected chi connectivity index (χ1v) is 12.3. The smallest absolute Gasteiger partial charge is 0.264 e. The lowest BCUT2D eigenvalue weighted by atomic mass is 10.1. The number of halogens is 1. The van der Waals surface area contributed by atoms with E-state index in [1.807, 2.05) is 6.92 Å². The van der Waals surface area contributed by atoms with Crippen LogP contribution in [0, 0.1) is 6.92 Å². The van der Waals surface area contributed by atoms with Crippen molar-refractivity contribution in [3.05, 3.63) is 101 Å². The molecule has 0 aliphatic carbocycles. The van der Waals surface area contributed by atoms with Crippen molar-refractivity contribution in [1.82, 2.24) is 4.31 Å². The van der Waals surface area contributed by atoms with Crippen molar-refractivity contribution in [1.29, 1.82) is 0 Å². The first kappa shape index (κ1) is 23.8. The Balaban J connectivity index is 2.22. The second-order valence-corrected chi connectivity index (χ2v) is 9.72. The fourth-order valence-electron chi connectivity index (χ4n) is 3.21. The zero-order valence-electron chi connectivity index (χ0n) is 18.1. The van der Waals surface area contributed by atoms with E-state index in [9.17, 15) is 13.2 Å². The second kappa shape index (κ2) is 10.1. The van der Waals surface area contributed by atoms with E-state index in [2.05, 4.69) is 15.9 Å². The van der Waals surface area contributed by atoms with Crippen LogP contribution in [0.2, 0.25) is 0 Å². The number of ether oxygens (including phenoxy) is 1. The molecule has 3 rings (SSSR count). The molecule has 0 unspecified atom stereocenters. The van der Waals surface area contributed by atoms with Crippen molar-refractivity contribution < 1.29 is 17.9 Å². The highest BCUT2D eigenvalue weighted by Gasteiger charge is 2.32. The predicted octanol–water partition coefficient (Wildman–Crippen LogP) is 5.66. The van der Waals surface area contributed by atoms with Crippen LogP contribution in [0.5, 0.6) is 5.75 Å². The molecule has 0 fully saturated rings. The van der Waals surface area contributed by atoms with Crippen LogP contribution in [-0.4, -0.2) is 32.2 Å². The first-order chi connectivity index (χ1) is 15.3. The molecule has 0 heterocycles. The molecular formula is C25H24BrNO4S. The fraction of sp³-hybridized carbons (Fsp3) is 0.160. The van der Waals surface area contributed by atoms with E-state index < -0.39 is 15.8 Å². The highest BCUT2D eigenvalue weighted by molar-refractivity contribution is 9.15. The van der Waals surface area contributed by atoms with Crippen LogP contribution in [-0.2, 0) is 10.0 Å². The molecule has 0 spiro atoms. The van der Waals surface area contributed by atoms with Crippen molar-refractivity contribution in [3.63, 3.8) is 0 Å². The van der Waals surface area contributed by atoms with Gasteiger partial charge < -0.3 is 4.74 Å². The number of methoxy groups -OCH3 is 1. The van der Waals surface area contributed by atoms with E-state index in [1.54, 1.807) is 92.9 Å². The summed E-state index contributed by atoms with van der Waals surface area (Å²) in [7, 11) is -2.42. The zero-order chi connectivity index (χ0) is 23.3. The number of nitrogens with zero attached hydrogens (tertiary/aromatic N) is 1. The van der Waals surface area contributed by atoms with E-state index in [0.29, 0.717) is 21.4 Å². The van der Waals surface area contributed by atoms with Gasteiger partial charge in [0.15, 0.2) is 0 Å². The maximum absolute atomic E-state index is 13.6. The van der Waals surface area contributed by atoms with E-state index in [1.165, 1.54) is 0 Å². The summed E-state index contributed by atoms with van der Waals surface area (Å²) in [4.78, 5) is 13.7. The van der Waals surface area contributed by atoms with Crippen LogP contribution in [0.4, 0.5) is 0 Å². The zero-order valence-corrected chi connectivity index (χ0v) is 20.5. The summed E-state index contributed by atoms with van der Waals surface area (Å²) in [6.07, 6.45) is 0. The highest BCUT2D eigenvalue weighted by atomic mass is 79.9. The third-order valence-electron chi connectivity index (χ3n) is 4.95. The van der Waals surface area contributed by atoms with Crippen LogP contribution in [0.1, 0.15) is 28.4 Å². The van der Waals surface area contributed by atoms with Gasteiger partial charge in [-0.15, -0.1) is 0 Å². The number of ketones is 1. The van der Waals surface area contributed by atoms with Crippen LogP contribution < -0.4 is 4.74 Å². The first-order valence-electron chi connectivity index (χ1n) is 10.0. The topological polar surface area (TPSA) is 63.7 Å². The maximum atomic E-state index is 13.6. The number of sulfonamides is 1. The largest absolute Gasteiger partial charge is 0.497 e. The minimum Gasteiger partial charge on any atom is -0.497 e. The SMILES string of the molecule is CCN(/C(C(=O)c1ccccc1)=C(/Br)c1ccc(OC)cc1)S(=O)(=O)c1ccc(C)cc1. The Bertz CT molecular complexity index is 1220. The van der Waals surface area contributed by atoms with Crippen molar-refractivity contribution >= 4 is 36.2 Å². The fourth-order valence-corrected chi connectivity index (χ4v) is 5.47. The standard InChI is InChI=1S/C25H24BrNO4S/c1-4-27(32(29,30)22-16-10-18(2)11-17-22)24(25(28)20-8-6-5-7-9-20)23(26)19-12-14-21(31-3)15-13-19/h5-17H,4H2,1-3H3/b24-23+. The Morgan fingerprint density at radius 1 is 0.906 bits per heavy atom. The van der Waals surface area contributed by atoms with Gasteiger partial charge in [0.1, 0.15) is 11.4 Å². The molecule has 3 aromatic carbocycles. The maximum Gasteiger partial charge on any atom is 0.264 e. The molecule has 32 heavy (non-hydrogen) atoms. The number of hydrogen-bond donors (Lipinski definition) is 0. The molecular weight excluding hydrogens is 490 g/mol. The summed E-state index contributed by atoms with van der Waals surface area (Å²) in [6.45, 7) is 3.67. The van der Waals surface area contributed by atoms with Gasteiger partial charge in [-0.1, -0.05) is 60.2 Å². The Hall–Kier alpha value is -2.90. The number of Topliss-reactive ketones (excluding diaryl/α,β-unsaturated/α-hetero) is 1. The summed E-state index contributed by atoms with van der Waals surface area (Å²) in [5, 5.41) is 0. The Kier molecular flexibility index (Phi) is 7.53. The molecule has 0 saturated heterocycles. The molecule has 166 valence electrons. The number of carbonyl (C=O) groups excluding carboxylic acids is 1. The van der Waals surface area contributed by atoms with Gasteiger partial charge in [-0.05, 0) is 59.6 Å². The van der Waals surface area contributed by atoms with Gasteiger partial charge in [0.25, 0.3) is 10.0 Å². The van der Waals surface area contributed by atoms with E-state index >= 15 is 0 Å². The minimum atomic E-state index is -3.99. The Morgan fingerprint density at radius 3 is 2.03 bits per heavy atom. The van der Waals surface area contributed by atoms with Crippen LogP contribution in [0.3, 0.4) is 0 Å². The third kappa shape index (κ3) is 4.95. The van der Waals surface area contributed by atoms with E-state index in [4.69, 9.17) is 4.74 Å². The van der Waals surface area contributed by atoms with Crippen molar-refractivity contribution in [3.8, 4) is 5.75 Å². The van der Waals surface area contributed by atoms with E-state index in [-0.39, 0.29) is 17.1 Å². The van der Waals surface area contributed by atoms with Gasteiger partial charge in [0.2, 0.25) is 5.78 Å². The van der Waals surface area contributed by atoms with Gasteiger partial charge in [-0.25, -0.2) is 8.42 Å². The second-order valence-electron chi connectivity index (χ2n) is 7.07. The molecule has 0 bridgehead atoms. The Morgan fingerprint density at radius 2 is 1.50 bits per heavy atom. The highest BCUT2D eigenvalue weighted by Crippen LogP contribution is 2.33. The van der Waals surface area contributed by atoms with Gasteiger partial charge >= 0.3 is 0 Å². The van der Waals surface area contributed by atoms with Crippen molar-refractivity contribution in [2.24, 2.45) is 0 Å². The number of benzene rings is 3. The van der Waals surface area contributed by atoms with Crippen molar-refractivity contribution in [2.75, 3.05) is 13.7 Å². The monoisotopic (exact) mass is 513 g/mol. The number of aryl methyl sites for hydroxylation is 1. The summed E-state index contributed by atoms with van der Waals surface area (Å²) in [5.41, 5.74) is 2.04. The van der Waals surface area contributed by atoms with E-state index in [0.717, 1.165) is 9.87 Å². The number of hydrogen-bond acceptors (Lipinski definition) is 4. The minimum absolute atomic E-state index is 0.0458. The lowest BCUT2D eigenvalue weighted by Gasteiger charge is -2.26. The third-order valence-corrected chi connectivity index (χ3v) is 7.67. The predicted molar refractivity (Wildman–Crippen MR) is 130 cm³/mol. The van der Waals surface area contributed by atoms with Crippen LogP contribution >= 0.6 is 15.9 Å². The number of rotatable bonds is 8. The van der Waals surface area contributed by atoms with Crippen molar-refractivity contribution in [2.45, 2.75) is 18.7 Å². The molecule has 3 aromatic rings. The number of likely N-dealkylation sites (N-methyl/N-ethyl adjacent to an activating group) is 1. The molecule has 0 amide bonds. The molecule has 0 radical (unpaired) electrons. The lowest BCUT2D eigenvalue weighted by molar-refractivity contribution is 0.101. The normalized spacial score (nSPS) is 12.1. The molecule has 0 N–H and O–H groups in total. The number of allylic oxidation sites excluding steroid dienone is 1. The molecule has 0 atom stereocenters. The average Bonchev–Trinajstić information content (AvgIpc) is 2.82. The number of carbonyl (C=O) groups is 1. The van der Waals surface area contributed by atoms with Gasteiger partial charge in [0, 0.05) is 12.1 Å². The summed E-state index contributed by atoms with van der Waals surface area (Å²) in [5.74, 6) is 0.260. The Labute approximate surface area is 197 Å². The molecule has 5 nitrogen and oxygen atoms in total.